The van der Waals surface area contributed by atoms with Crippen molar-refractivity contribution >= 4 is 17.4 Å². The van der Waals surface area contributed by atoms with Crippen molar-refractivity contribution in [2.45, 2.75) is 25.8 Å². The quantitative estimate of drug-likeness (QED) is 0.819. The van der Waals surface area contributed by atoms with Crippen LogP contribution >= 0.6 is 11.6 Å². The number of aromatic nitrogens is 2. The van der Waals surface area contributed by atoms with E-state index in [0.717, 1.165) is 37.4 Å². The molecule has 92 valence electrons. The minimum absolute atomic E-state index is 0.278. The fourth-order valence-electron chi connectivity index (χ4n) is 1.61. The summed E-state index contributed by atoms with van der Waals surface area (Å²) >= 11 is 5.74. The van der Waals surface area contributed by atoms with Crippen molar-refractivity contribution in [3.05, 3.63) is 17.0 Å². The van der Waals surface area contributed by atoms with Crippen LogP contribution in [0.15, 0.2) is 6.20 Å². The van der Waals surface area contributed by atoms with Gasteiger partial charge in [0.25, 0.3) is 0 Å². The molecule has 17 heavy (non-hydrogen) atoms. The van der Waals surface area contributed by atoms with Gasteiger partial charge in [0.15, 0.2) is 0 Å². The van der Waals surface area contributed by atoms with Gasteiger partial charge in [-0.2, -0.15) is 0 Å². The molecule has 1 aliphatic rings. The van der Waals surface area contributed by atoms with Gasteiger partial charge in [0.05, 0.1) is 12.6 Å². The van der Waals surface area contributed by atoms with Gasteiger partial charge in [-0.25, -0.2) is 15.2 Å². The van der Waals surface area contributed by atoms with E-state index >= 15 is 0 Å². The summed E-state index contributed by atoms with van der Waals surface area (Å²) in [6.45, 7) is 7.06. The number of nitriles is 1. The van der Waals surface area contributed by atoms with E-state index in [-0.39, 0.29) is 5.28 Å². The smallest absolute Gasteiger partial charge is 0.224 e. The van der Waals surface area contributed by atoms with E-state index in [2.05, 4.69) is 21.9 Å². The van der Waals surface area contributed by atoms with Crippen LogP contribution in [-0.4, -0.2) is 29.2 Å². The highest BCUT2D eigenvalue weighted by Gasteiger charge is 2.15. The number of nitrogens with one attached hydrogen (secondary N) is 1. The third-order valence-corrected chi connectivity index (χ3v) is 2.63. The number of hydrogen-bond acceptors (Lipinski definition) is 5. The largest absolute Gasteiger partial charge is 0.379 e. The van der Waals surface area contributed by atoms with Crippen molar-refractivity contribution in [2.75, 3.05) is 18.5 Å². The van der Waals surface area contributed by atoms with Crippen molar-refractivity contribution in [3.63, 3.8) is 0 Å². The summed E-state index contributed by atoms with van der Waals surface area (Å²) in [5.41, 5.74) is 1.00. The Bertz CT molecular complexity index is 377. The zero-order valence-corrected chi connectivity index (χ0v) is 10.4. The van der Waals surface area contributed by atoms with E-state index in [1.165, 1.54) is 0 Å². The average molecular weight is 255 g/mol. The molecule has 0 saturated carbocycles. The highest BCUT2D eigenvalue weighted by atomic mass is 35.5. The molecule has 0 unspecified atom stereocenters. The van der Waals surface area contributed by atoms with Gasteiger partial charge in [0.1, 0.15) is 5.82 Å². The van der Waals surface area contributed by atoms with Gasteiger partial charge >= 0.3 is 0 Å². The second-order valence-electron chi connectivity index (χ2n) is 3.73. The zero-order valence-electron chi connectivity index (χ0n) is 9.69. The molecule has 1 atom stereocenters. The molecule has 1 aliphatic heterocycles. The molecule has 0 bridgehead atoms. The third-order valence-electron chi connectivity index (χ3n) is 2.44. The minimum atomic E-state index is 0.278. The second kappa shape index (κ2) is 7.05. The van der Waals surface area contributed by atoms with Crippen LogP contribution in [0.4, 0.5) is 5.82 Å². The fraction of sp³-hybridized carbons (Fsp3) is 0.545. The first-order valence-corrected chi connectivity index (χ1v) is 5.73. The molecule has 2 heterocycles. The van der Waals surface area contributed by atoms with Gasteiger partial charge in [-0.05, 0) is 31.4 Å². The Kier molecular flexibility index (Phi) is 5.67. The first-order valence-electron chi connectivity index (χ1n) is 5.35. The molecular weight excluding hydrogens is 240 g/mol. The van der Waals surface area contributed by atoms with Crippen LogP contribution in [-0.2, 0) is 4.74 Å². The lowest BCUT2D eigenvalue weighted by atomic mass is 10.1. The van der Waals surface area contributed by atoms with Gasteiger partial charge in [0, 0.05) is 24.9 Å². The average Bonchev–Trinajstić information content (AvgIpc) is 2.38. The van der Waals surface area contributed by atoms with Gasteiger partial charge in [-0.1, -0.05) is 0 Å². The lowest BCUT2D eigenvalue weighted by Crippen LogP contribution is -2.30. The Morgan fingerprint density at radius 3 is 3.00 bits per heavy atom. The fourth-order valence-corrected chi connectivity index (χ4v) is 1.75. The summed E-state index contributed by atoms with van der Waals surface area (Å²) in [7, 11) is 0. The molecule has 0 radical (unpaired) electrons. The summed E-state index contributed by atoms with van der Waals surface area (Å²) in [6.07, 6.45) is 3.93. The molecule has 0 spiro atoms. The summed E-state index contributed by atoms with van der Waals surface area (Å²) in [5.74, 6) is 0.811. The molecule has 5 nitrogen and oxygen atoms in total. The molecule has 0 amide bonds. The van der Waals surface area contributed by atoms with Gasteiger partial charge in [-0.3, -0.25) is 0 Å². The SMILES string of the molecule is C#N.Cc1cnc(Cl)nc1N[C@@H]1CCCOC1. The van der Waals surface area contributed by atoms with Gasteiger partial charge in [0.2, 0.25) is 5.28 Å². The monoisotopic (exact) mass is 254 g/mol. The van der Waals surface area contributed by atoms with Crippen LogP contribution in [0.3, 0.4) is 0 Å². The third kappa shape index (κ3) is 4.17. The number of aryl methyl sites for hydroxylation is 1. The van der Waals surface area contributed by atoms with E-state index in [9.17, 15) is 0 Å². The molecule has 1 aromatic rings. The van der Waals surface area contributed by atoms with Crippen molar-refractivity contribution in [3.8, 4) is 6.57 Å². The maximum absolute atomic E-state index is 6.50. The van der Waals surface area contributed by atoms with E-state index < -0.39 is 0 Å². The predicted molar refractivity (Wildman–Crippen MR) is 65.9 cm³/mol. The summed E-state index contributed by atoms with van der Waals surface area (Å²) in [6, 6.07) is 0.336. The topological polar surface area (TPSA) is 70.8 Å². The predicted octanol–water partition coefficient (Wildman–Crippen LogP) is 2.17. The van der Waals surface area contributed by atoms with Crippen LogP contribution in [0.2, 0.25) is 5.28 Å². The van der Waals surface area contributed by atoms with E-state index in [4.69, 9.17) is 21.6 Å². The Morgan fingerprint density at radius 1 is 1.59 bits per heavy atom. The number of anilines is 1. The van der Waals surface area contributed by atoms with Crippen molar-refractivity contribution < 1.29 is 4.74 Å². The molecule has 1 fully saturated rings. The molecule has 2 rings (SSSR count). The summed E-state index contributed by atoms with van der Waals surface area (Å²) in [4.78, 5) is 8.07. The Balaban J connectivity index is 0.000000686. The Hall–Kier alpha value is -1.38. The molecular formula is C11H15ClN4O. The Morgan fingerprint density at radius 2 is 2.35 bits per heavy atom. The molecule has 0 aromatic carbocycles. The number of ether oxygens (including phenoxy) is 1. The van der Waals surface area contributed by atoms with Gasteiger partial charge in [-0.15, -0.1) is 0 Å². The van der Waals surface area contributed by atoms with Crippen molar-refractivity contribution in [1.82, 2.24) is 9.97 Å². The molecule has 0 aliphatic carbocycles. The molecule has 6 heteroatoms. The van der Waals surface area contributed by atoms with Crippen LogP contribution in [0.1, 0.15) is 18.4 Å². The zero-order chi connectivity index (χ0) is 12.7. The normalized spacial score (nSPS) is 18.9. The Labute approximate surface area is 106 Å². The minimum Gasteiger partial charge on any atom is -0.379 e. The van der Waals surface area contributed by atoms with E-state index in [0.29, 0.717) is 6.04 Å². The number of rotatable bonds is 2. The van der Waals surface area contributed by atoms with Crippen molar-refractivity contribution in [1.29, 1.82) is 5.26 Å². The van der Waals surface area contributed by atoms with Crippen LogP contribution in [0.5, 0.6) is 0 Å². The first kappa shape index (κ1) is 13.7. The highest BCUT2D eigenvalue weighted by molar-refractivity contribution is 6.28. The highest BCUT2D eigenvalue weighted by Crippen LogP contribution is 2.17. The number of hydrogen-bond donors (Lipinski definition) is 1. The second-order valence-corrected chi connectivity index (χ2v) is 4.07. The lowest BCUT2D eigenvalue weighted by molar-refractivity contribution is 0.0875. The van der Waals surface area contributed by atoms with Crippen LogP contribution in [0, 0.1) is 18.8 Å². The summed E-state index contributed by atoms with van der Waals surface area (Å²) in [5, 5.41) is 10.1. The molecule has 1 N–H and O–H groups in total. The van der Waals surface area contributed by atoms with Gasteiger partial charge < -0.3 is 10.1 Å². The van der Waals surface area contributed by atoms with Crippen LogP contribution in [0.25, 0.3) is 0 Å². The van der Waals surface area contributed by atoms with E-state index in [1.54, 1.807) is 6.20 Å². The molecule has 1 aromatic heterocycles. The maximum Gasteiger partial charge on any atom is 0.224 e. The van der Waals surface area contributed by atoms with Crippen LogP contribution < -0.4 is 5.32 Å². The maximum atomic E-state index is 6.50. The number of halogens is 1. The first-order chi connectivity index (χ1) is 8.25. The standard InChI is InChI=1S/C10H14ClN3O.CHN/c1-7-5-12-10(11)14-9(7)13-8-3-2-4-15-6-8;1-2/h5,8H,2-4,6H2,1H3,(H,12,13,14);1H/t8-;/m1./s1. The van der Waals surface area contributed by atoms with E-state index in [1.807, 2.05) is 6.92 Å². The molecule has 1 saturated heterocycles. The lowest BCUT2D eigenvalue weighted by Gasteiger charge is -2.24. The summed E-state index contributed by atoms with van der Waals surface area (Å²) < 4.78 is 5.39. The number of nitrogens with zero attached hydrogens (tertiary/aromatic N) is 3. The van der Waals surface area contributed by atoms with Crippen molar-refractivity contribution in [2.24, 2.45) is 0 Å².